The van der Waals surface area contributed by atoms with Crippen molar-refractivity contribution in [2.45, 2.75) is 34.6 Å². The SMILES string of the molecule is Cc1ccc(Oc2cccc(N(c3c(C)cc(C)cc3O)c3c(C)cc(C)cc3O)c2)c(O)c1. The molecule has 0 aromatic heterocycles. The summed E-state index contributed by atoms with van der Waals surface area (Å²) in [7, 11) is 0. The Balaban J connectivity index is 1.90. The summed E-state index contributed by atoms with van der Waals surface area (Å²) in [6.45, 7) is 9.62. The van der Waals surface area contributed by atoms with Gasteiger partial charge in [-0.1, -0.05) is 24.3 Å². The van der Waals surface area contributed by atoms with Gasteiger partial charge < -0.3 is 25.0 Å². The molecule has 0 spiro atoms. The Morgan fingerprint density at radius 2 is 1.15 bits per heavy atom. The summed E-state index contributed by atoms with van der Waals surface area (Å²) in [6, 6.07) is 20.0. The van der Waals surface area contributed by atoms with Crippen LogP contribution in [0.5, 0.6) is 28.7 Å². The molecule has 4 aromatic rings. The van der Waals surface area contributed by atoms with Crippen molar-refractivity contribution in [3.8, 4) is 28.7 Å². The molecule has 0 radical (unpaired) electrons. The molecule has 3 N–H and O–H groups in total. The van der Waals surface area contributed by atoms with Gasteiger partial charge in [0.2, 0.25) is 0 Å². The Labute approximate surface area is 200 Å². The van der Waals surface area contributed by atoms with E-state index in [1.807, 2.05) is 75.9 Å². The largest absolute Gasteiger partial charge is 0.506 e. The van der Waals surface area contributed by atoms with E-state index >= 15 is 0 Å². The molecule has 0 aliphatic carbocycles. The normalized spacial score (nSPS) is 10.9. The highest BCUT2D eigenvalue weighted by Crippen LogP contribution is 2.48. The number of nitrogens with zero attached hydrogens (tertiary/aromatic N) is 1. The highest BCUT2D eigenvalue weighted by molar-refractivity contribution is 5.86. The summed E-state index contributed by atoms with van der Waals surface area (Å²) in [5.74, 6) is 1.13. The second-order valence-corrected chi connectivity index (χ2v) is 8.81. The zero-order valence-corrected chi connectivity index (χ0v) is 20.0. The smallest absolute Gasteiger partial charge is 0.169 e. The number of phenols is 3. The number of hydrogen-bond acceptors (Lipinski definition) is 5. The maximum Gasteiger partial charge on any atom is 0.169 e. The maximum atomic E-state index is 11.0. The summed E-state index contributed by atoms with van der Waals surface area (Å²) >= 11 is 0. The van der Waals surface area contributed by atoms with Crippen molar-refractivity contribution in [1.29, 1.82) is 0 Å². The lowest BCUT2D eigenvalue weighted by Gasteiger charge is -2.30. The van der Waals surface area contributed by atoms with Crippen LogP contribution in [0, 0.1) is 34.6 Å². The van der Waals surface area contributed by atoms with E-state index in [1.54, 1.807) is 30.3 Å². The quantitative estimate of drug-likeness (QED) is 0.289. The van der Waals surface area contributed by atoms with Crippen LogP contribution in [0.3, 0.4) is 0 Å². The Kier molecular flexibility index (Phi) is 6.12. The number of phenolic OH excluding ortho intramolecular Hbond substituents is 3. The first-order chi connectivity index (χ1) is 16.1. The highest BCUT2D eigenvalue weighted by Gasteiger charge is 2.24. The Morgan fingerprint density at radius 1 is 0.588 bits per heavy atom. The molecule has 0 aliphatic rings. The standard InChI is InChI=1S/C29H29NO4/c1-17-9-10-27(24(31)13-17)34-23-8-6-7-22(16-23)30(28-20(4)11-18(2)14-25(28)32)29-21(5)12-19(3)15-26(29)33/h6-16,31-33H,1-5H3. The fraction of sp³-hybridized carbons (Fsp3) is 0.172. The predicted molar refractivity (Wildman–Crippen MR) is 136 cm³/mol. The highest BCUT2D eigenvalue weighted by atomic mass is 16.5. The van der Waals surface area contributed by atoms with Crippen LogP contribution < -0.4 is 9.64 Å². The molecule has 0 heterocycles. The van der Waals surface area contributed by atoms with Gasteiger partial charge in [-0.2, -0.15) is 0 Å². The minimum atomic E-state index is 0.0568. The van der Waals surface area contributed by atoms with E-state index in [2.05, 4.69) is 0 Å². The van der Waals surface area contributed by atoms with Crippen LogP contribution in [0.1, 0.15) is 27.8 Å². The van der Waals surface area contributed by atoms with E-state index in [9.17, 15) is 15.3 Å². The molecule has 0 atom stereocenters. The van der Waals surface area contributed by atoms with Crippen LogP contribution in [0.15, 0.2) is 66.7 Å². The number of anilines is 3. The minimum absolute atomic E-state index is 0.0568. The van der Waals surface area contributed by atoms with Crippen LogP contribution in [0.4, 0.5) is 17.1 Å². The monoisotopic (exact) mass is 455 g/mol. The predicted octanol–water partition coefficient (Wildman–Crippen LogP) is 7.61. The van der Waals surface area contributed by atoms with E-state index in [0.717, 1.165) is 27.8 Å². The molecular weight excluding hydrogens is 426 g/mol. The average Bonchev–Trinajstić information content (AvgIpc) is 2.73. The molecule has 0 unspecified atom stereocenters. The summed E-state index contributed by atoms with van der Waals surface area (Å²) in [5, 5.41) is 32.2. The number of aryl methyl sites for hydroxylation is 5. The van der Waals surface area contributed by atoms with Crippen molar-refractivity contribution in [2.24, 2.45) is 0 Å². The topological polar surface area (TPSA) is 73.2 Å². The third-order valence-corrected chi connectivity index (χ3v) is 5.71. The Bertz CT molecular complexity index is 1270. The zero-order valence-electron chi connectivity index (χ0n) is 20.0. The van der Waals surface area contributed by atoms with Gasteiger partial charge in [0.25, 0.3) is 0 Å². The first kappa shape index (κ1) is 23.1. The van der Waals surface area contributed by atoms with Gasteiger partial charge in [0, 0.05) is 6.07 Å². The number of rotatable bonds is 5. The van der Waals surface area contributed by atoms with E-state index < -0.39 is 0 Å². The van der Waals surface area contributed by atoms with Gasteiger partial charge in [-0.15, -0.1) is 0 Å². The second kappa shape index (κ2) is 9.02. The van der Waals surface area contributed by atoms with Crippen molar-refractivity contribution in [3.63, 3.8) is 0 Å². The number of hydrogen-bond donors (Lipinski definition) is 3. The molecule has 0 aliphatic heterocycles. The molecule has 4 aromatic carbocycles. The number of ether oxygens (including phenoxy) is 1. The van der Waals surface area contributed by atoms with Crippen molar-refractivity contribution < 1.29 is 20.1 Å². The lowest BCUT2D eigenvalue weighted by Crippen LogP contribution is -2.13. The summed E-state index contributed by atoms with van der Waals surface area (Å²) < 4.78 is 5.98. The molecule has 34 heavy (non-hydrogen) atoms. The fourth-order valence-electron chi connectivity index (χ4n) is 4.35. The molecule has 174 valence electrons. The molecule has 0 saturated carbocycles. The third-order valence-electron chi connectivity index (χ3n) is 5.71. The molecule has 4 rings (SSSR count). The van der Waals surface area contributed by atoms with E-state index in [-0.39, 0.29) is 17.2 Å². The molecule has 5 heteroatoms. The third kappa shape index (κ3) is 4.50. The first-order valence-electron chi connectivity index (χ1n) is 11.1. The summed E-state index contributed by atoms with van der Waals surface area (Å²) in [5.41, 5.74) is 6.37. The van der Waals surface area contributed by atoms with Crippen molar-refractivity contribution in [3.05, 3.63) is 94.5 Å². The summed E-state index contributed by atoms with van der Waals surface area (Å²) in [6.07, 6.45) is 0. The zero-order chi connectivity index (χ0) is 24.6. The molecule has 0 saturated heterocycles. The molecular formula is C29H29NO4. The fourth-order valence-corrected chi connectivity index (χ4v) is 4.35. The van der Waals surface area contributed by atoms with Gasteiger partial charge in [0.1, 0.15) is 17.2 Å². The van der Waals surface area contributed by atoms with E-state index in [4.69, 9.17) is 4.74 Å². The van der Waals surface area contributed by atoms with E-state index in [0.29, 0.717) is 28.6 Å². The first-order valence-corrected chi connectivity index (χ1v) is 11.1. The molecule has 0 fully saturated rings. The van der Waals surface area contributed by atoms with Gasteiger partial charge >= 0.3 is 0 Å². The van der Waals surface area contributed by atoms with Crippen LogP contribution in [0.2, 0.25) is 0 Å². The number of aromatic hydroxyl groups is 3. The van der Waals surface area contributed by atoms with Crippen LogP contribution in [-0.4, -0.2) is 15.3 Å². The minimum Gasteiger partial charge on any atom is -0.506 e. The van der Waals surface area contributed by atoms with Crippen LogP contribution >= 0.6 is 0 Å². The lowest BCUT2D eigenvalue weighted by molar-refractivity contribution is 0.411. The van der Waals surface area contributed by atoms with E-state index in [1.165, 1.54) is 0 Å². The summed E-state index contributed by atoms with van der Waals surface area (Å²) in [4.78, 5) is 1.84. The average molecular weight is 456 g/mol. The van der Waals surface area contributed by atoms with Gasteiger partial charge in [-0.25, -0.2) is 0 Å². The lowest BCUT2D eigenvalue weighted by atomic mass is 10.0. The maximum absolute atomic E-state index is 11.0. The van der Waals surface area contributed by atoms with Crippen molar-refractivity contribution in [2.75, 3.05) is 4.90 Å². The molecule has 5 nitrogen and oxygen atoms in total. The van der Waals surface area contributed by atoms with Gasteiger partial charge in [-0.05, 0) is 98.8 Å². The van der Waals surface area contributed by atoms with Gasteiger partial charge in [0.05, 0.1) is 17.1 Å². The Morgan fingerprint density at radius 3 is 1.68 bits per heavy atom. The second-order valence-electron chi connectivity index (χ2n) is 8.81. The Hall–Kier alpha value is -4.12. The number of benzene rings is 4. The van der Waals surface area contributed by atoms with Crippen LogP contribution in [0.25, 0.3) is 0 Å². The van der Waals surface area contributed by atoms with Crippen molar-refractivity contribution in [1.82, 2.24) is 0 Å². The molecule has 0 amide bonds. The van der Waals surface area contributed by atoms with Gasteiger partial charge in [-0.3, -0.25) is 0 Å². The van der Waals surface area contributed by atoms with Crippen LogP contribution in [-0.2, 0) is 0 Å². The molecule has 0 bridgehead atoms. The van der Waals surface area contributed by atoms with Gasteiger partial charge in [0.15, 0.2) is 11.5 Å². The van der Waals surface area contributed by atoms with Crippen molar-refractivity contribution >= 4 is 17.1 Å².